The molecule has 0 amide bonds. The number of hydrogen-bond acceptors (Lipinski definition) is 3. The molecule has 1 atom stereocenters. The van der Waals surface area contributed by atoms with Crippen molar-refractivity contribution in [2.24, 2.45) is 11.1 Å². The molecule has 4 nitrogen and oxygen atoms in total. The maximum atomic E-state index is 11.1. The SMILES string of the molecule is CCCC(COc1ccccc1)CS(N)(=O)=O. The molecular formula is C12H19NO3S. The second-order valence-corrected chi connectivity index (χ2v) is 5.77. The molecule has 0 bridgehead atoms. The van der Waals surface area contributed by atoms with Gasteiger partial charge in [-0.25, -0.2) is 13.6 Å². The quantitative estimate of drug-likeness (QED) is 0.809. The standard InChI is InChI=1S/C12H19NO3S/c1-2-6-11(10-17(13,14)15)9-16-12-7-4-3-5-8-12/h3-5,7-8,11H,2,6,9-10H2,1H3,(H2,13,14,15). The number of para-hydroxylation sites is 1. The molecule has 0 aromatic heterocycles. The normalized spacial score (nSPS) is 13.3. The van der Waals surface area contributed by atoms with Gasteiger partial charge in [-0.2, -0.15) is 0 Å². The molecular weight excluding hydrogens is 238 g/mol. The lowest BCUT2D eigenvalue weighted by atomic mass is 10.1. The van der Waals surface area contributed by atoms with Crippen LogP contribution in [0.3, 0.4) is 0 Å². The minimum absolute atomic E-state index is 0.0202. The van der Waals surface area contributed by atoms with Crippen molar-refractivity contribution in [2.75, 3.05) is 12.4 Å². The summed E-state index contributed by atoms with van der Waals surface area (Å²) in [6.45, 7) is 2.40. The number of benzene rings is 1. The van der Waals surface area contributed by atoms with E-state index in [0.717, 1.165) is 18.6 Å². The molecule has 0 saturated heterocycles. The molecule has 5 heteroatoms. The highest BCUT2D eigenvalue weighted by Crippen LogP contribution is 2.13. The van der Waals surface area contributed by atoms with E-state index in [1.165, 1.54) is 0 Å². The molecule has 0 aliphatic heterocycles. The molecule has 96 valence electrons. The average Bonchev–Trinajstić information content (AvgIpc) is 2.26. The lowest BCUT2D eigenvalue weighted by Crippen LogP contribution is -2.26. The summed E-state index contributed by atoms with van der Waals surface area (Å²) in [5.74, 6) is 0.687. The van der Waals surface area contributed by atoms with Gasteiger partial charge < -0.3 is 4.74 Å². The van der Waals surface area contributed by atoms with E-state index in [1.54, 1.807) is 0 Å². The van der Waals surface area contributed by atoms with Gasteiger partial charge in [-0.05, 0) is 18.6 Å². The van der Waals surface area contributed by atoms with E-state index >= 15 is 0 Å². The Morgan fingerprint density at radius 2 is 1.94 bits per heavy atom. The second kappa shape index (κ2) is 6.61. The summed E-state index contributed by atoms with van der Waals surface area (Å²) in [5.41, 5.74) is 0. The van der Waals surface area contributed by atoms with Gasteiger partial charge in [0.2, 0.25) is 10.0 Å². The smallest absolute Gasteiger partial charge is 0.209 e. The molecule has 2 N–H and O–H groups in total. The molecule has 0 spiro atoms. The first-order valence-electron chi connectivity index (χ1n) is 5.69. The lowest BCUT2D eigenvalue weighted by Gasteiger charge is -2.15. The maximum Gasteiger partial charge on any atom is 0.209 e. The summed E-state index contributed by atoms with van der Waals surface area (Å²) < 4.78 is 27.6. The van der Waals surface area contributed by atoms with Gasteiger partial charge in [0.05, 0.1) is 12.4 Å². The Bertz CT molecular complexity index is 417. The number of primary sulfonamides is 1. The fourth-order valence-electron chi connectivity index (χ4n) is 1.68. The van der Waals surface area contributed by atoms with Crippen LogP contribution in [0.1, 0.15) is 19.8 Å². The Kier molecular flexibility index (Phi) is 5.44. The number of rotatable bonds is 7. The molecule has 0 aliphatic carbocycles. The second-order valence-electron chi connectivity index (χ2n) is 4.11. The van der Waals surface area contributed by atoms with Gasteiger partial charge in [0, 0.05) is 5.92 Å². The predicted octanol–water partition coefficient (Wildman–Crippen LogP) is 1.77. The maximum absolute atomic E-state index is 11.1. The molecule has 0 radical (unpaired) electrons. The van der Waals surface area contributed by atoms with Crippen molar-refractivity contribution in [3.63, 3.8) is 0 Å². The minimum Gasteiger partial charge on any atom is -0.493 e. The van der Waals surface area contributed by atoms with Crippen LogP contribution in [0, 0.1) is 5.92 Å². The van der Waals surface area contributed by atoms with Crippen molar-refractivity contribution in [1.29, 1.82) is 0 Å². The highest BCUT2D eigenvalue weighted by atomic mass is 32.2. The monoisotopic (exact) mass is 257 g/mol. The van der Waals surface area contributed by atoms with Gasteiger partial charge in [0.25, 0.3) is 0 Å². The third-order valence-corrected chi connectivity index (χ3v) is 3.33. The fraction of sp³-hybridized carbons (Fsp3) is 0.500. The molecule has 1 rings (SSSR count). The highest BCUT2D eigenvalue weighted by Gasteiger charge is 2.15. The van der Waals surface area contributed by atoms with Gasteiger partial charge >= 0.3 is 0 Å². The van der Waals surface area contributed by atoms with Gasteiger partial charge in [0.15, 0.2) is 0 Å². The first kappa shape index (κ1) is 14.0. The average molecular weight is 257 g/mol. The number of nitrogens with two attached hydrogens (primary N) is 1. The number of hydrogen-bond donors (Lipinski definition) is 1. The largest absolute Gasteiger partial charge is 0.493 e. The van der Waals surface area contributed by atoms with Gasteiger partial charge in [-0.1, -0.05) is 31.5 Å². The van der Waals surface area contributed by atoms with Gasteiger partial charge in [-0.3, -0.25) is 0 Å². The van der Waals surface area contributed by atoms with Crippen molar-refractivity contribution in [2.45, 2.75) is 19.8 Å². The molecule has 17 heavy (non-hydrogen) atoms. The molecule has 0 saturated carbocycles. The summed E-state index contributed by atoms with van der Waals surface area (Å²) in [7, 11) is -3.43. The van der Waals surface area contributed by atoms with E-state index in [4.69, 9.17) is 9.88 Å². The zero-order valence-electron chi connectivity index (χ0n) is 10.0. The molecule has 1 aromatic rings. The van der Waals surface area contributed by atoms with Crippen LogP contribution in [-0.4, -0.2) is 20.8 Å². The minimum atomic E-state index is -3.43. The zero-order chi connectivity index (χ0) is 12.7. The lowest BCUT2D eigenvalue weighted by molar-refractivity contribution is 0.252. The Morgan fingerprint density at radius 3 is 2.47 bits per heavy atom. The predicted molar refractivity (Wildman–Crippen MR) is 68.3 cm³/mol. The first-order chi connectivity index (χ1) is 8.01. The highest BCUT2D eigenvalue weighted by molar-refractivity contribution is 7.89. The summed E-state index contributed by atoms with van der Waals surface area (Å²) in [4.78, 5) is 0. The number of sulfonamides is 1. The van der Waals surface area contributed by atoms with Gasteiger partial charge in [0.1, 0.15) is 5.75 Å². The fourth-order valence-corrected chi connectivity index (χ4v) is 2.60. The third kappa shape index (κ3) is 6.28. The van der Waals surface area contributed by atoms with E-state index in [2.05, 4.69) is 0 Å². The van der Waals surface area contributed by atoms with Crippen molar-refractivity contribution in [1.82, 2.24) is 0 Å². The number of ether oxygens (including phenoxy) is 1. The molecule has 0 aliphatic rings. The summed E-state index contributed by atoms with van der Waals surface area (Å²) in [5, 5.41) is 5.05. The topological polar surface area (TPSA) is 69.4 Å². The summed E-state index contributed by atoms with van der Waals surface area (Å²) >= 11 is 0. The molecule has 1 aromatic carbocycles. The van der Waals surface area contributed by atoms with Gasteiger partial charge in [-0.15, -0.1) is 0 Å². The van der Waals surface area contributed by atoms with Crippen LogP contribution in [0.25, 0.3) is 0 Å². The molecule has 0 heterocycles. The Labute approximate surface area is 103 Å². The van der Waals surface area contributed by atoms with Crippen molar-refractivity contribution >= 4 is 10.0 Å². The Hall–Kier alpha value is -1.07. The first-order valence-corrected chi connectivity index (χ1v) is 7.41. The van der Waals surface area contributed by atoms with Crippen LogP contribution in [0.5, 0.6) is 5.75 Å². The van der Waals surface area contributed by atoms with Crippen molar-refractivity contribution in [3.8, 4) is 5.75 Å². The van der Waals surface area contributed by atoms with E-state index < -0.39 is 10.0 Å². The zero-order valence-corrected chi connectivity index (χ0v) is 10.8. The third-order valence-electron chi connectivity index (χ3n) is 2.39. The van der Waals surface area contributed by atoms with Crippen LogP contribution >= 0.6 is 0 Å². The van der Waals surface area contributed by atoms with Crippen LogP contribution < -0.4 is 9.88 Å². The Balaban J connectivity index is 2.50. The summed E-state index contributed by atoms with van der Waals surface area (Å²) in [6.07, 6.45) is 1.71. The molecule has 0 fully saturated rings. The van der Waals surface area contributed by atoms with E-state index in [9.17, 15) is 8.42 Å². The van der Waals surface area contributed by atoms with Crippen LogP contribution in [0.15, 0.2) is 30.3 Å². The van der Waals surface area contributed by atoms with E-state index in [0.29, 0.717) is 6.61 Å². The van der Waals surface area contributed by atoms with E-state index in [1.807, 2.05) is 37.3 Å². The van der Waals surface area contributed by atoms with Crippen molar-refractivity contribution in [3.05, 3.63) is 30.3 Å². The van der Waals surface area contributed by atoms with Crippen LogP contribution in [0.2, 0.25) is 0 Å². The van der Waals surface area contributed by atoms with E-state index in [-0.39, 0.29) is 11.7 Å². The summed E-state index contributed by atoms with van der Waals surface area (Å²) in [6, 6.07) is 9.36. The van der Waals surface area contributed by atoms with Crippen LogP contribution in [0.4, 0.5) is 0 Å². The molecule has 1 unspecified atom stereocenters. The Morgan fingerprint density at radius 1 is 1.29 bits per heavy atom. The van der Waals surface area contributed by atoms with Crippen molar-refractivity contribution < 1.29 is 13.2 Å². The van der Waals surface area contributed by atoms with Crippen LogP contribution in [-0.2, 0) is 10.0 Å².